The number of carbonyl (C=O) groups excluding carboxylic acids is 1. The van der Waals surface area contributed by atoms with E-state index in [1.54, 1.807) is 30.1 Å². The van der Waals surface area contributed by atoms with Crippen molar-refractivity contribution in [2.75, 3.05) is 5.32 Å². The third-order valence-electron chi connectivity index (χ3n) is 2.08. The van der Waals surface area contributed by atoms with Crippen molar-refractivity contribution in [1.82, 2.24) is 14.8 Å². The average molecular weight is 216 g/mol. The number of anilines is 1. The van der Waals surface area contributed by atoms with E-state index in [0.717, 1.165) is 5.69 Å². The summed E-state index contributed by atoms with van der Waals surface area (Å²) >= 11 is 0. The molecule has 16 heavy (non-hydrogen) atoms. The fraction of sp³-hybridized carbons (Fsp3) is 0.182. The lowest BCUT2D eigenvalue weighted by atomic mass is 10.3. The van der Waals surface area contributed by atoms with Gasteiger partial charge in [-0.1, -0.05) is 6.07 Å². The van der Waals surface area contributed by atoms with Gasteiger partial charge in [-0.2, -0.15) is 5.10 Å². The number of nitrogens with zero attached hydrogens (tertiary/aromatic N) is 3. The number of hydrogen-bond acceptors (Lipinski definition) is 3. The molecule has 1 N–H and O–H groups in total. The number of nitrogens with one attached hydrogen (secondary N) is 1. The van der Waals surface area contributed by atoms with Crippen LogP contribution in [-0.2, 0) is 7.05 Å². The number of hydrogen-bond donors (Lipinski definition) is 1. The Bertz CT molecular complexity index is 518. The van der Waals surface area contributed by atoms with Crippen LogP contribution >= 0.6 is 0 Å². The summed E-state index contributed by atoms with van der Waals surface area (Å²) in [5.74, 6) is 0.286. The molecule has 0 radical (unpaired) electrons. The Labute approximate surface area is 93.1 Å². The third-order valence-corrected chi connectivity index (χ3v) is 2.08. The topological polar surface area (TPSA) is 59.8 Å². The number of aryl methyl sites for hydroxylation is 2. The first-order chi connectivity index (χ1) is 7.65. The molecule has 0 fully saturated rings. The van der Waals surface area contributed by atoms with Crippen LogP contribution in [0.2, 0.25) is 0 Å². The van der Waals surface area contributed by atoms with Crippen LogP contribution in [0, 0.1) is 6.92 Å². The molecule has 2 aromatic heterocycles. The summed E-state index contributed by atoms with van der Waals surface area (Å²) in [5, 5.41) is 6.69. The highest BCUT2D eigenvalue weighted by Crippen LogP contribution is 2.05. The van der Waals surface area contributed by atoms with E-state index in [0.29, 0.717) is 11.5 Å². The van der Waals surface area contributed by atoms with Crippen molar-refractivity contribution in [3.8, 4) is 0 Å². The van der Waals surface area contributed by atoms with Crippen molar-refractivity contribution in [2.24, 2.45) is 7.05 Å². The minimum absolute atomic E-state index is 0.251. The molecule has 0 saturated heterocycles. The quantitative estimate of drug-likeness (QED) is 0.824. The molecule has 0 aliphatic rings. The molecule has 0 aliphatic heterocycles. The van der Waals surface area contributed by atoms with Gasteiger partial charge in [0, 0.05) is 18.9 Å². The maximum Gasteiger partial charge on any atom is 0.277 e. The smallest absolute Gasteiger partial charge is 0.277 e. The molecule has 0 saturated carbocycles. The van der Waals surface area contributed by atoms with E-state index in [9.17, 15) is 4.79 Å². The molecule has 82 valence electrons. The summed E-state index contributed by atoms with van der Waals surface area (Å²) in [6.07, 6.45) is 1.72. The average Bonchev–Trinajstić information content (AvgIpc) is 2.65. The molecule has 2 rings (SSSR count). The predicted molar refractivity (Wildman–Crippen MR) is 60.1 cm³/mol. The molecule has 5 heteroatoms. The molecule has 2 heterocycles. The Morgan fingerprint density at radius 2 is 2.19 bits per heavy atom. The monoisotopic (exact) mass is 216 g/mol. The van der Waals surface area contributed by atoms with Gasteiger partial charge in [-0.15, -0.1) is 0 Å². The Kier molecular flexibility index (Phi) is 2.68. The molecular weight excluding hydrogens is 204 g/mol. The second-order valence-corrected chi connectivity index (χ2v) is 3.49. The van der Waals surface area contributed by atoms with E-state index in [1.807, 2.05) is 19.1 Å². The first-order valence-corrected chi connectivity index (χ1v) is 4.90. The van der Waals surface area contributed by atoms with Crippen LogP contribution in [0.5, 0.6) is 0 Å². The van der Waals surface area contributed by atoms with Crippen molar-refractivity contribution in [3.63, 3.8) is 0 Å². The van der Waals surface area contributed by atoms with Gasteiger partial charge in [-0.3, -0.25) is 9.48 Å². The lowest BCUT2D eigenvalue weighted by Gasteiger charge is -2.02. The highest BCUT2D eigenvalue weighted by Gasteiger charge is 2.09. The van der Waals surface area contributed by atoms with Gasteiger partial charge in [0.25, 0.3) is 5.91 Å². The fourth-order valence-corrected chi connectivity index (χ4v) is 1.33. The Hall–Kier alpha value is -2.17. The molecule has 2 aromatic rings. The Morgan fingerprint density at radius 1 is 1.38 bits per heavy atom. The molecule has 1 amide bonds. The van der Waals surface area contributed by atoms with Crippen LogP contribution in [0.4, 0.5) is 5.82 Å². The molecule has 0 aromatic carbocycles. The molecule has 0 unspecified atom stereocenters. The van der Waals surface area contributed by atoms with Gasteiger partial charge in [0.1, 0.15) is 5.82 Å². The highest BCUT2D eigenvalue weighted by molar-refractivity contribution is 6.02. The van der Waals surface area contributed by atoms with Crippen LogP contribution in [-0.4, -0.2) is 20.7 Å². The predicted octanol–water partition coefficient (Wildman–Crippen LogP) is 1.38. The summed E-state index contributed by atoms with van der Waals surface area (Å²) in [6.45, 7) is 1.87. The highest BCUT2D eigenvalue weighted by atomic mass is 16.2. The molecule has 0 spiro atoms. The van der Waals surface area contributed by atoms with Gasteiger partial charge in [0.2, 0.25) is 0 Å². The normalized spacial score (nSPS) is 10.1. The summed E-state index contributed by atoms with van der Waals surface area (Å²) in [6, 6.07) is 7.12. The molecule has 5 nitrogen and oxygen atoms in total. The van der Waals surface area contributed by atoms with Crippen molar-refractivity contribution in [3.05, 3.63) is 41.9 Å². The van der Waals surface area contributed by atoms with E-state index in [4.69, 9.17) is 0 Å². The van der Waals surface area contributed by atoms with Crippen LogP contribution in [0.15, 0.2) is 30.5 Å². The van der Waals surface area contributed by atoms with E-state index < -0.39 is 0 Å². The van der Waals surface area contributed by atoms with E-state index in [1.165, 1.54) is 0 Å². The molecular formula is C11H12N4O. The second-order valence-electron chi connectivity index (χ2n) is 3.49. The van der Waals surface area contributed by atoms with Crippen molar-refractivity contribution < 1.29 is 4.79 Å². The van der Waals surface area contributed by atoms with E-state index in [-0.39, 0.29) is 5.91 Å². The summed E-state index contributed by atoms with van der Waals surface area (Å²) in [5.41, 5.74) is 1.24. The van der Waals surface area contributed by atoms with Crippen LogP contribution in [0.25, 0.3) is 0 Å². The standard InChI is InChI=1S/C11H12N4O/c1-8-4-3-5-10(12-8)13-11(16)9-6-7-15(2)14-9/h3-7H,1-2H3,(H,12,13,16). The third kappa shape index (κ3) is 2.25. The number of aromatic nitrogens is 3. The number of amides is 1. The zero-order valence-electron chi connectivity index (χ0n) is 9.14. The van der Waals surface area contributed by atoms with Crippen LogP contribution < -0.4 is 5.32 Å². The first-order valence-electron chi connectivity index (χ1n) is 4.90. The number of rotatable bonds is 2. The van der Waals surface area contributed by atoms with Gasteiger partial charge in [-0.25, -0.2) is 4.98 Å². The molecule has 0 atom stereocenters. The van der Waals surface area contributed by atoms with Crippen molar-refractivity contribution in [1.29, 1.82) is 0 Å². The summed E-state index contributed by atoms with van der Waals surface area (Å²) in [7, 11) is 1.77. The van der Waals surface area contributed by atoms with E-state index in [2.05, 4.69) is 15.4 Å². The minimum atomic E-state index is -0.251. The lowest BCUT2D eigenvalue weighted by Crippen LogP contribution is -2.14. The number of pyridine rings is 1. The lowest BCUT2D eigenvalue weighted by molar-refractivity contribution is 0.102. The summed E-state index contributed by atoms with van der Waals surface area (Å²) in [4.78, 5) is 15.9. The van der Waals surface area contributed by atoms with Gasteiger partial charge in [0.15, 0.2) is 5.69 Å². The van der Waals surface area contributed by atoms with Crippen LogP contribution in [0.1, 0.15) is 16.2 Å². The van der Waals surface area contributed by atoms with Gasteiger partial charge >= 0.3 is 0 Å². The van der Waals surface area contributed by atoms with Gasteiger partial charge in [0.05, 0.1) is 0 Å². The molecule has 0 aliphatic carbocycles. The van der Waals surface area contributed by atoms with Crippen molar-refractivity contribution in [2.45, 2.75) is 6.92 Å². The number of carbonyl (C=O) groups is 1. The Morgan fingerprint density at radius 3 is 2.81 bits per heavy atom. The summed E-state index contributed by atoms with van der Waals surface area (Å²) < 4.78 is 1.58. The van der Waals surface area contributed by atoms with Crippen LogP contribution in [0.3, 0.4) is 0 Å². The molecule has 0 bridgehead atoms. The SMILES string of the molecule is Cc1cccc(NC(=O)c2ccn(C)n2)n1. The fourth-order valence-electron chi connectivity index (χ4n) is 1.33. The van der Waals surface area contributed by atoms with E-state index >= 15 is 0 Å². The minimum Gasteiger partial charge on any atom is -0.305 e. The van der Waals surface area contributed by atoms with Gasteiger partial charge in [-0.05, 0) is 25.1 Å². The zero-order chi connectivity index (χ0) is 11.5. The largest absolute Gasteiger partial charge is 0.305 e. The Balaban J connectivity index is 2.13. The maximum atomic E-state index is 11.7. The second kappa shape index (κ2) is 4.14. The van der Waals surface area contributed by atoms with Crippen molar-refractivity contribution >= 4 is 11.7 Å². The maximum absolute atomic E-state index is 11.7. The first kappa shape index (κ1) is 10.4. The zero-order valence-corrected chi connectivity index (χ0v) is 9.14. The van der Waals surface area contributed by atoms with Gasteiger partial charge < -0.3 is 5.32 Å².